The van der Waals surface area contributed by atoms with E-state index in [1.807, 2.05) is 17.1 Å². The number of carbonyl (C=O) groups excluding carboxylic acids is 2. The summed E-state index contributed by atoms with van der Waals surface area (Å²) < 4.78 is 11.4. The number of carbonyl (C=O) groups is 2. The summed E-state index contributed by atoms with van der Waals surface area (Å²) in [6, 6.07) is 0. The molecule has 0 aromatic rings. The van der Waals surface area contributed by atoms with Crippen LogP contribution < -0.4 is 0 Å². The van der Waals surface area contributed by atoms with Gasteiger partial charge in [-0.2, -0.15) is 0 Å². The third kappa shape index (κ3) is 2.70. The van der Waals surface area contributed by atoms with Crippen molar-refractivity contribution in [3.63, 3.8) is 0 Å². The third-order valence-corrected chi connectivity index (χ3v) is 3.61. The Bertz CT molecular complexity index is 379. The molecule has 0 heterocycles. The van der Waals surface area contributed by atoms with Gasteiger partial charge in [-0.15, -0.1) is 0 Å². The summed E-state index contributed by atoms with van der Waals surface area (Å²) in [5.41, 5.74) is 0.680. The van der Waals surface area contributed by atoms with Gasteiger partial charge in [0.1, 0.15) is 0 Å². The summed E-state index contributed by atoms with van der Waals surface area (Å²) in [7, 11) is 2.57. The minimum absolute atomic E-state index is 0.326. The number of allylic oxidation sites excluding steroid dienone is 3. The van der Waals surface area contributed by atoms with Crippen LogP contribution >= 0.6 is 22.6 Å². The Kier molecular flexibility index (Phi) is 4.73. The zero-order valence-corrected chi connectivity index (χ0v) is 12.2. The first kappa shape index (κ1) is 14.2. The largest absolute Gasteiger partial charge is 0.468 e. The van der Waals surface area contributed by atoms with Crippen molar-refractivity contribution < 1.29 is 19.1 Å². The topological polar surface area (TPSA) is 52.6 Å². The van der Waals surface area contributed by atoms with Gasteiger partial charge in [-0.05, 0) is 29.4 Å². The number of ether oxygens (including phenoxy) is 2. The highest BCUT2D eigenvalue weighted by Crippen LogP contribution is 2.41. The lowest BCUT2D eigenvalue weighted by atomic mass is 9.72. The van der Waals surface area contributed by atoms with E-state index in [1.54, 1.807) is 0 Å². The molecule has 0 amide bonds. The van der Waals surface area contributed by atoms with Gasteiger partial charge in [0, 0.05) is 0 Å². The van der Waals surface area contributed by atoms with Crippen molar-refractivity contribution in [3.05, 3.63) is 21.3 Å². The Labute approximate surface area is 114 Å². The van der Waals surface area contributed by atoms with E-state index in [-0.39, 0.29) is 0 Å². The molecule has 0 saturated carbocycles. The molecule has 0 unspecified atom stereocenters. The molecule has 0 atom stereocenters. The lowest BCUT2D eigenvalue weighted by molar-refractivity contribution is -0.169. The second-order valence-electron chi connectivity index (χ2n) is 4.09. The van der Waals surface area contributed by atoms with Crippen molar-refractivity contribution in [1.29, 1.82) is 0 Å². The van der Waals surface area contributed by atoms with Crippen LogP contribution in [0.1, 0.15) is 19.8 Å². The van der Waals surface area contributed by atoms with Crippen LogP contribution in [0.25, 0.3) is 0 Å². The molecule has 0 fully saturated rings. The van der Waals surface area contributed by atoms with E-state index in [4.69, 9.17) is 9.47 Å². The maximum absolute atomic E-state index is 11.9. The second kappa shape index (κ2) is 5.66. The summed E-state index contributed by atoms with van der Waals surface area (Å²) >= 11 is 2.09. The van der Waals surface area contributed by atoms with Gasteiger partial charge in [0.2, 0.25) is 0 Å². The van der Waals surface area contributed by atoms with Gasteiger partial charge < -0.3 is 9.47 Å². The molecular formula is C12H15IO4. The van der Waals surface area contributed by atoms with Gasteiger partial charge in [-0.1, -0.05) is 34.2 Å². The van der Waals surface area contributed by atoms with Crippen LogP contribution in [0, 0.1) is 5.41 Å². The highest BCUT2D eigenvalue weighted by Gasteiger charge is 2.50. The van der Waals surface area contributed by atoms with E-state index < -0.39 is 17.4 Å². The molecule has 0 aromatic heterocycles. The second-order valence-corrected chi connectivity index (χ2v) is 4.72. The molecule has 17 heavy (non-hydrogen) atoms. The van der Waals surface area contributed by atoms with Crippen LogP contribution in [-0.4, -0.2) is 26.2 Å². The number of esters is 2. The van der Waals surface area contributed by atoms with Crippen LogP contribution in [0.3, 0.4) is 0 Å². The first-order valence-corrected chi connectivity index (χ1v) is 6.38. The Morgan fingerprint density at radius 2 is 1.82 bits per heavy atom. The van der Waals surface area contributed by atoms with E-state index in [9.17, 15) is 9.59 Å². The molecular weight excluding hydrogens is 335 g/mol. The molecule has 1 aliphatic rings. The fourth-order valence-electron chi connectivity index (χ4n) is 2.14. The van der Waals surface area contributed by atoms with E-state index >= 15 is 0 Å². The lowest BCUT2D eigenvalue weighted by Crippen LogP contribution is -2.43. The highest BCUT2D eigenvalue weighted by atomic mass is 127. The number of halogens is 1. The van der Waals surface area contributed by atoms with Crippen molar-refractivity contribution in [2.45, 2.75) is 19.8 Å². The quantitative estimate of drug-likeness (QED) is 0.436. The molecule has 0 saturated heterocycles. The Balaban J connectivity index is 3.22. The highest BCUT2D eigenvalue weighted by molar-refractivity contribution is 14.1. The zero-order valence-electron chi connectivity index (χ0n) is 10.1. The van der Waals surface area contributed by atoms with Gasteiger partial charge in [-0.3, -0.25) is 9.59 Å². The van der Waals surface area contributed by atoms with Gasteiger partial charge in [0.15, 0.2) is 5.41 Å². The number of hydrogen-bond acceptors (Lipinski definition) is 4. The first-order chi connectivity index (χ1) is 8.00. The minimum atomic E-state index is -1.22. The zero-order chi connectivity index (χ0) is 13.1. The predicted molar refractivity (Wildman–Crippen MR) is 71.6 cm³/mol. The van der Waals surface area contributed by atoms with Gasteiger partial charge in [0.25, 0.3) is 0 Å². The summed E-state index contributed by atoms with van der Waals surface area (Å²) in [5, 5.41) is 0. The Hall–Kier alpha value is -0.850. The van der Waals surface area contributed by atoms with Crippen molar-refractivity contribution >= 4 is 34.5 Å². The standard InChI is InChI=1S/C12H15IO4/c1-8-4-9(7-13)6-12(5-8,10(14)16-2)11(15)17-3/h4,7H,5-6H2,1-3H3/b9-7-. The molecule has 5 heteroatoms. The molecule has 0 radical (unpaired) electrons. The van der Waals surface area contributed by atoms with Crippen LogP contribution in [0.5, 0.6) is 0 Å². The molecule has 1 rings (SSSR count). The van der Waals surface area contributed by atoms with Crippen LogP contribution in [-0.2, 0) is 19.1 Å². The monoisotopic (exact) mass is 350 g/mol. The van der Waals surface area contributed by atoms with E-state index in [0.29, 0.717) is 12.8 Å². The lowest BCUT2D eigenvalue weighted by Gasteiger charge is -2.32. The number of methoxy groups -OCH3 is 2. The van der Waals surface area contributed by atoms with Gasteiger partial charge >= 0.3 is 11.9 Å². The maximum atomic E-state index is 11.9. The van der Waals surface area contributed by atoms with Crippen molar-refractivity contribution in [1.82, 2.24) is 0 Å². The number of hydrogen-bond donors (Lipinski definition) is 0. The van der Waals surface area contributed by atoms with E-state index in [1.165, 1.54) is 14.2 Å². The molecule has 0 bridgehead atoms. The van der Waals surface area contributed by atoms with Gasteiger partial charge in [0.05, 0.1) is 14.2 Å². The fourth-order valence-corrected chi connectivity index (χ4v) is 2.54. The minimum Gasteiger partial charge on any atom is -0.468 e. The molecule has 0 aliphatic heterocycles. The fraction of sp³-hybridized carbons (Fsp3) is 0.500. The number of rotatable bonds is 2. The predicted octanol–water partition coefficient (Wildman–Crippen LogP) is 2.38. The average Bonchev–Trinajstić information content (AvgIpc) is 2.35. The molecule has 0 N–H and O–H groups in total. The van der Waals surface area contributed by atoms with Gasteiger partial charge in [-0.25, -0.2) is 0 Å². The third-order valence-electron chi connectivity index (χ3n) is 2.81. The smallest absolute Gasteiger partial charge is 0.323 e. The van der Waals surface area contributed by atoms with E-state index in [2.05, 4.69) is 22.6 Å². The summed E-state index contributed by atoms with van der Waals surface area (Å²) in [6.07, 6.45) is 2.66. The van der Waals surface area contributed by atoms with Crippen LogP contribution in [0.2, 0.25) is 0 Å². The molecule has 4 nitrogen and oxygen atoms in total. The van der Waals surface area contributed by atoms with E-state index in [0.717, 1.165) is 11.1 Å². The molecule has 0 aromatic carbocycles. The summed E-state index contributed by atoms with van der Waals surface area (Å²) in [6.45, 7) is 1.89. The molecule has 1 aliphatic carbocycles. The summed E-state index contributed by atoms with van der Waals surface area (Å²) in [5.74, 6) is -1.07. The molecule has 0 spiro atoms. The maximum Gasteiger partial charge on any atom is 0.323 e. The Morgan fingerprint density at radius 1 is 1.29 bits per heavy atom. The summed E-state index contributed by atoms with van der Waals surface area (Å²) in [4.78, 5) is 23.8. The SMILES string of the molecule is COC(=O)C1(C(=O)OC)CC(C)=C/C(=C/I)C1. The van der Waals surface area contributed by atoms with Crippen LogP contribution in [0.15, 0.2) is 21.3 Å². The molecule has 94 valence electrons. The Morgan fingerprint density at radius 3 is 2.24 bits per heavy atom. The first-order valence-electron chi connectivity index (χ1n) is 5.13. The average molecular weight is 350 g/mol. The normalized spacial score (nSPS) is 20.7. The van der Waals surface area contributed by atoms with Crippen molar-refractivity contribution in [2.75, 3.05) is 14.2 Å². The van der Waals surface area contributed by atoms with Crippen molar-refractivity contribution in [2.24, 2.45) is 5.41 Å². The van der Waals surface area contributed by atoms with Crippen molar-refractivity contribution in [3.8, 4) is 0 Å². The van der Waals surface area contributed by atoms with Crippen LogP contribution in [0.4, 0.5) is 0 Å².